The van der Waals surface area contributed by atoms with Crippen LogP contribution in [0.1, 0.15) is 25.3 Å². The molecule has 0 unspecified atom stereocenters. The Balaban J connectivity index is 1.82. The van der Waals surface area contributed by atoms with Crippen LogP contribution in [0.4, 0.5) is 11.8 Å². The van der Waals surface area contributed by atoms with Gasteiger partial charge in [0.25, 0.3) is 0 Å². The second-order valence-corrected chi connectivity index (χ2v) is 6.08. The topological polar surface area (TPSA) is 81.2 Å². The minimum Gasteiger partial charge on any atom is -0.497 e. The molecule has 0 saturated carbocycles. The van der Waals surface area contributed by atoms with Gasteiger partial charge in [-0.2, -0.15) is 4.98 Å². The summed E-state index contributed by atoms with van der Waals surface area (Å²) in [5, 5.41) is 6.66. The van der Waals surface area contributed by atoms with E-state index in [4.69, 9.17) is 9.47 Å². The van der Waals surface area contributed by atoms with E-state index >= 15 is 0 Å². The van der Waals surface area contributed by atoms with E-state index in [9.17, 15) is 0 Å². The molecule has 2 aromatic heterocycles. The number of aromatic nitrogens is 3. The van der Waals surface area contributed by atoms with Crippen LogP contribution in [0.15, 0.2) is 36.5 Å². The van der Waals surface area contributed by atoms with Gasteiger partial charge >= 0.3 is 0 Å². The third-order valence-corrected chi connectivity index (χ3v) is 4.21. The number of methoxy groups -OCH3 is 2. The van der Waals surface area contributed by atoms with E-state index in [1.807, 2.05) is 30.3 Å². The Morgan fingerprint density at radius 3 is 2.70 bits per heavy atom. The number of hydrogen-bond acceptors (Lipinski definition) is 7. The van der Waals surface area contributed by atoms with E-state index in [0.717, 1.165) is 53.3 Å². The Labute approximate surface area is 159 Å². The molecule has 142 valence electrons. The third kappa shape index (κ3) is 4.55. The molecule has 0 amide bonds. The van der Waals surface area contributed by atoms with Crippen molar-refractivity contribution in [2.75, 3.05) is 31.4 Å². The molecule has 0 aliphatic rings. The van der Waals surface area contributed by atoms with Crippen LogP contribution in [0.2, 0.25) is 0 Å². The van der Waals surface area contributed by atoms with Crippen LogP contribution in [0.25, 0.3) is 11.0 Å². The predicted octanol–water partition coefficient (Wildman–Crippen LogP) is 3.87. The van der Waals surface area contributed by atoms with Gasteiger partial charge in [0.1, 0.15) is 17.0 Å². The first-order valence-electron chi connectivity index (χ1n) is 9.06. The van der Waals surface area contributed by atoms with Crippen molar-refractivity contribution in [2.45, 2.75) is 26.3 Å². The molecule has 0 spiro atoms. The molecule has 0 aliphatic carbocycles. The number of benzene rings is 1. The number of fused-ring (bicyclic) bond motifs is 1. The normalized spacial score (nSPS) is 10.6. The zero-order valence-electron chi connectivity index (χ0n) is 16.0. The van der Waals surface area contributed by atoms with E-state index in [0.29, 0.717) is 12.5 Å². The van der Waals surface area contributed by atoms with Crippen LogP contribution >= 0.6 is 0 Å². The summed E-state index contributed by atoms with van der Waals surface area (Å²) in [5.41, 5.74) is 2.57. The first-order chi connectivity index (χ1) is 13.2. The van der Waals surface area contributed by atoms with Gasteiger partial charge in [-0.3, -0.25) is 4.98 Å². The fourth-order valence-corrected chi connectivity index (χ4v) is 2.73. The molecular formula is C20H25N5O2. The van der Waals surface area contributed by atoms with E-state index in [2.05, 4.69) is 32.5 Å². The summed E-state index contributed by atoms with van der Waals surface area (Å²) < 4.78 is 10.7. The molecule has 0 fully saturated rings. The van der Waals surface area contributed by atoms with E-state index < -0.39 is 0 Å². The summed E-state index contributed by atoms with van der Waals surface area (Å²) in [6, 6.07) is 9.55. The van der Waals surface area contributed by atoms with Gasteiger partial charge in [0.15, 0.2) is 5.82 Å². The van der Waals surface area contributed by atoms with E-state index in [1.54, 1.807) is 20.4 Å². The van der Waals surface area contributed by atoms with Gasteiger partial charge in [-0.25, -0.2) is 4.98 Å². The Morgan fingerprint density at radius 2 is 1.93 bits per heavy atom. The van der Waals surface area contributed by atoms with Gasteiger partial charge in [-0.15, -0.1) is 0 Å². The number of anilines is 2. The molecule has 3 aromatic rings. The number of unbranched alkanes of at least 4 members (excludes halogenated alkanes) is 1. The van der Waals surface area contributed by atoms with Crippen molar-refractivity contribution in [1.82, 2.24) is 15.0 Å². The summed E-state index contributed by atoms with van der Waals surface area (Å²) in [7, 11) is 3.28. The van der Waals surface area contributed by atoms with Gasteiger partial charge in [0.05, 0.1) is 19.7 Å². The second kappa shape index (κ2) is 9.02. The predicted molar refractivity (Wildman–Crippen MR) is 108 cm³/mol. The molecule has 0 aliphatic heterocycles. The number of nitrogens with zero attached hydrogens (tertiary/aromatic N) is 3. The molecule has 0 bridgehead atoms. The second-order valence-electron chi connectivity index (χ2n) is 6.08. The smallest absolute Gasteiger partial charge is 0.225 e. The van der Waals surface area contributed by atoms with Crippen molar-refractivity contribution in [3.05, 3.63) is 42.1 Å². The van der Waals surface area contributed by atoms with Crippen LogP contribution in [0.3, 0.4) is 0 Å². The van der Waals surface area contributed by atoms with Gasteiger partial charge in [0.2, 0.25) is 5.95 Å². The van der Waals surface area contributed by atoms with E-state index in [-0.39, 0.29) is 0 Å². The molecular weight excluding hydrogens is 342 g/mol. The zero-order valence-corrected chi connectivity index (χ0v) is 16.0. The lowest BCUT2D eigenvalue weighted by molar-refractivity contribution is 0.391. The molecule has 7 heteroatoms. The van der Waals surface area contributed by atoms with Crippen LogP contribution in [0, 0.1) is 0 Å². The Bertz CT molecular complexity index is 901. The quantitative estimate of drug-likeness (QED) is 0.556. The maximum atomic E-state index is 5.45. The van der Waals surface area contributed by atoms with Crippen LogP contribution < -0.4 is 20.1 Å². The molecule has 1 aromatic carbocycles. The fraction of sp³-hybridized carbons (Fsp3) is 0.350. The number of ether oxygens (including phenoxy) is 2. The molecule has 0 atom stereocenters. The highest BCUT2D eigenvalue weighted by Crippen LogP contribution is 2.26. The molecule has 2 N–H and O–H groups in total. The van der Waals surface area contributed by atoms with Crippen molar-refractivity contribution in [2.24, 2.45) is 0 Å². The summed E-state index contributed by atoms with van der Waals surface area (Å²) in [6.07, 6.45) is 3.95. The molecule has 27 heavy (non-hydrogen) atoms. The standard InChI is InChI=1S/C20H25N5O2/c1-4-5-10-22-19-18-16(7-6-11-21-18)24-20(25-19)23-13-14-8-9-15(26-2)12-17(14)27-3/h6-9,11-12H,4-5,10,13H2,1-3H3,(H2,22,23,24,25). The van der Waals surface area contributed by atoms with E-state index in [1.165, 1.54) is 0 Å². The van der Waals surface area contributed by atoms with Gasteiger partial charge in [-0.1, -0.05) is 13.3 Å². The van der Waals surface area contributed by atoms with Crippen molar-refractivity contribution in [1.29, 1.82) is 0 Å². The largest absolute Gasteiger partial charge is 0.497 e. The van der Waals surface area contributed by atoms with Crippen LogP contribution in [-0.2, 0) is 6.54 Å². The SMILES string of the molecule is CCCCNc1nc(NCc2ccc(OC)cc2OC)nc2cccnc12. The lowest BCUT2D eigenvalue weighted by Gasteiger charge is -2.13. The zero-order chi connectivity index (χ0) is 19.1. The van der Waals surface area contributed by atoms with Crippen LogP contribution in [0.5, 0.6) is 11.5 Å². The number of rotatable bonds is 9. The van der Waals surface area contributed by atoms with Crippen LogP contribution in [-0.4, -0.2) is 35.7 Å². The first kappa shape index (κ1) is 18.7. The maximum Gasteiger partial charge on any atom is 0.225 e. The number of nitrogens with one attached hydrogen (secondary N) is 2. The lowest BCUT2D eigenvalue weighted by Crippen LogP contribution is -2.09. The molecule has 0 radical (unpaired) electrons. The minimum absolute atomic E-state index is 0.535. The molecule has 2 heterocycles. The first-order valence-corrected chi connectivity index (χ1v) is 9.06. The summed E-state index contributed by atoms with van der Waals surface area (Å²) in [4.78, 5) is 13.6. The average molecular weight is 367 g/mol. The highest BCUT2D eigenvalue weighted by Gasteiger charge is 2.10. The lowest BCUT2D eigenvalue weighted by atomic mass is 10.2. The minimum atomic E-state index is 0.535. The summed E-state index contributed by atoms with van der Waals surface area (Å²) >= 11 is 0. The summed E-state index contributed by atoms with van der Waals surface area (Å²) in [6.45, 7) is 3.55. The average Bonchev–Trinajstić information content (AvgIpc) is 2.72. The van der Waals surface area contributed by atoms with Crippen molar-refractivity contribution in [3.8, 4) is 11.5 Å². The van der Waals surface area contributed by atoms with Crippen molar-refractivity contribution in [3.63, 3.8) is 0 Å². The van der Waals surface area contributed by atoms with Gasteiger partial charge in [-0.05, 0) is 30.7 Å². The highest BCUT2D eigenvalue weighted by atomic mass is 16.5. The third-order valence-electron chi connectivity index (χ3n) is 4.21. The van der Waals surface area contributed by atoms with Crippen molar-refractivity contribution < 1.29 is 9.47 Å². The van der Waals surface area contributed by atoms with Gasteiger partial charge in [0, 0.05) is 30.9 Å². The molecule has 0 saturated heterocycles. The Hall–Kier alpha value is -3.09. The Kier molecular flexibility index (Phi) is 6.25. The fourth-order valence-electron chi connectivity index (χ4n) is 2.73. The number of hydrogen-bond donors (Lipinski definition) is 2. The monoisotopic (exact) mass is 367 g/mol. The number of pyridine rings is 1. The molecule has 7 nitrogen and oxygen atoms in total. The van der Waals surface area contributed by atoms with Crippen molar-refractivity contribution >= 4 is 22.8 Å². The van der Waals surface area contributed by atoms with Gasteiger partial charge < -0.3 is 20.1 Å². The maximum absolute atomic E-state index is 5.45. The Morgan fingerprint density at radius 1 is 1.04 bits per heavy atom. The highest BCUT2D eigenvalue weighted by molar-refractivity contribution is 5.86. The summed E-state index contributed by atoms with van der Waals surface area (Å²) in [5.74, 6) is 2.81. The molecule has 3 rings (SSSR count).